The first kappa shape index (κ1) is 20.2. The number of nitrogens with zero attached hydrogens (tertiary/aromatic N) is 1. The van der Waals surface area contributed by atoms with Crippen LogP contribution in [0.5, 0.6) is 0 Å². The van der Waals surface area contributed by atoms with Crippen molar-refractivity contribution in [3.05, 3.63) is 0 Å². The van der Waals surface area contributed by atoms with Gasteiger partial charge in [0.1, 0.15) is 0 Å². The molecule has 0 saturated heterocycles. The van der Waals surface area contributed by atoms with E-state index in [4.69, 9.17) is 4.74 Å². The Bertz CT molecular complexity index is 248. The van der Waals surface area contributed by atoms with E-state index in [0.29, 0.717) is 12.6 Å². The molecule has 0 unspecified atom stereocenters. The smallest absolute Gasteiger partial charge is 0.314 e. The van der Waals surface area contributed by atoms with Gasteiger partial charge in [0.15, 0.2) is 0 Å². The van der Waals surface area contributed by atoms with Gasteiger partial charge in [0, 0.05) is 32.3 Å². The zero-order valence-electron chi connectivity index (χ0n) is 14.4. The van der Waals surface area contributed by atoms with Gasteiger partial charge in [-0.25, -0.2) is 4.79 Å². The number of unbranched alkanes of at least 4 members (excludes halogenated alkanes) is 2. The Morgan fingerprint density at radius 3 is 2.29 bits per heavy atom. The Hall–Kier alpha value is -0.810. The molecule has 0 aliphatic heterocycles. The molecule has 0 fully saturated rings. The molecule has 0 aromatic rings. The fraction of sp³-hybridized carbons (Fsp3) is 0.938. The fourth-order valence-corrected chi connectivity index (χ4v) is 1.73. The summed E-state index contributed by atoms with van der Waals surface area (Å²) >= 11 is 0. The van der Waals surface area contributed by atoms with Gasteiger partial charge in [-0.2, -0.15) is 0 Å². The Labute approximate surface area is 130 Å². The van der Waals surface area contributed by atoms with Crippen LogP contribution in [0.15, 0.2) is 0 Å². The number of nitrogens with one attached hydrogen (secondary N) is 2. The molecular weight excluding hydrogens is 266 g/mol. The van der Waals surface area contributed by atoms with E-state index in [1.165, 1.54) is 0 Å². The van der Waals surface area contributed by atoms with E-state index in [-0.39, 0.29) is 6.03 Å². The molecule has 5 heteroatoms. The Kier molecular flexibility index (Phi) is 13.6. The highest BCUT2D eigenvalue weighted by molar-refractivity contribution is 5.73. The first-order chi connectivity index (χ1) is 10.1. The van der Waals surface area contributed by atoms with Crippen LogP contribution >= 0.6 is 0 Å². The van der Waals surface area contributed by atoms with E-state index in [1.807, 2.05) is 0 Å². The van der Waals surface area contributed by atoms with Gasteiger partial charge in [-0.15, -0.1) is 0 Å². The van der Waals surface area contributed by atoms with Gasteiger partial charge in [0.25, 0.3) is 0 Å². The molecular formula is C16H35N3O2. The van der Waals surface area contributed by atoms with Crippen molar-refractivity contribution >= 4 is 6.03 Å². The number of hydrogen-bond donors (Lipinski definition) is 2. The highest BCUT2D eigenvalue weighted by Crippen LogP contribution is 1.97. The summed E-state index contributed by atoms with van der Waals surface area (Å²) in [5.74, 6) is 0. The molecule has 21 heavy (non-hydrogen) atoms. The van der Waals surface area contributed by atoms with Crippen molar-refractivity contribution in [2.24, 2.45) is 0 Å². The first-order valence-corrected chi connectivity index (χ1v) is 8.37. The molecule has 2 N–H and O–H groups in total. The highest BCUT2D eigenvalue weighted by atomic mass is 16.5. The second-order valence-electron chi connectivity index (χ2n) is 5.78. The lowest BCUT2D eigenvalue weighted by Gasteiger charge is -2.20. The van der Waals surface area contributed by atoms with Crippen molar-refractivity contribution in [2.45, 2.75) is 58.9 Å². The molecule has 0 bridgehead atoms. The van der Waals surface area contributed by atoms with Crippen LogP contribution in [0.3, 0.4) is 0 Å². The summed E-state index contributed by atoms with van der Waals surface area (Å²) in [6.45, 7) is 10.6. The van der Waals surface area contributed by atoms with Crippen molar-refractivity contribution in [3.63, 3.8) is 0 Å². The van der Waals surface area contributed by atoms with E-state index in [9.17, 15) is 4.79 Å². The third-order valence-electron chi connectivity index (χ3n) is 3.50. The molecule has 0 spiro atoms. The summed E-state index contributed by atoms with van der Waals surface area (Å²) in [5.41, 5.74) is 0. The molecule has 126 valence electrons. The summed E-state index contributed by atoms with van der Waals surface area (Å²) < 4.78 is 5.43. The first-order valence-electron chi connectivity index (χ1n) is 8.37. The van der Waals surface area contributed by atoms with Crippen LogP contribution in [0.25, 0.3) is 0 Å². The molecule has 0 aliphatic carbocycles. The van der Waals surface area contributed by atoms with Crippen molar-refractivity contribution in [2.75, 3.05) is 39.9 Å². The average molecular weight is 301 g/mol. The standard InChI is InChI=1S/C16H35N3O2/c1-5-6-13-21-14-9-11-18-16(20)17-10-7-8-12-19(4)15(2)3/h15H,5-14H2,1-4H3,(H2,17,18,20). The Morgan fingerprint density at radius 2 is 1.67 bits per heavy atom. The number of urea groups is 1. The van der Waals surface area contributed by atoms with Gasteiger partial charge in [-0.1, -0.05) is 13.3 Å². The lowest BCUT2D eigenvalue weighted by Crippen LogP contribution is -2.37. The molecule has 0 atom stereocenters. The average Bonchev–Trinajstić information content (AvgIpc) is 2.45. The van der Waals surface area contributed by atoms with Crippen LogP contribution in [0.4, 0.5) is 4.79 Å². The third kappa shape index (κ3) is 13.9. The molecule has 0 saturated carbocycles. The second-order valence-corrected chi connectivity index (χ2v) is 5.78. The van der Waals surface area contributed by atoms with Gasteiger partial charge >= 0.3 is 6.03 Å². The van der Waals surface area contributed by atoms with Crippen LogP contribution in [0.1, 0.15) is 52.9 Å². The largest absolute Gasteiger partial charge is 0.381 e. The fourth-order valence-electron chi connectivity index (χ4n) is 1.73. The van der Waals surface area contributed by atoms with Crippen LogP contribution < -0.4 is 10.6 Å². The molecule has 0 radical (unpaired) electrons. The van der Waals surface area contributed by atoms with Crippen LogP contribution in [0, 0.1) is 0 Å². The summed E-state index contributed by atoms with van der Waals surface area (Å²) in [6, 6.07) is 0.515. The van der Waals surface area contributed by atoms with Crippen molar-refractivity contribution < 1.29 is 9.53 Å². The monoisotopic (exact) mass is 301 g/mol. The molecule has 5 nitrogen and oxygen atoms in total. The summed E-state index contributed by atoms with van der Waals surface area (Å²) in [5, 5.41) is 5.74. The van der Waals surface area contributed by atoms with Gasteiger partial charge in [0.2, 0.25) is 0 Å². The maximum Gasteiger partial charge on any atom is 0.314 e. The second kappa shape index (κ2) is 14.1. The summed E-state index contributed by atoms with van der Waals surface area (Å²) in [4.78, 5) is 13.8. The Balaban J connectivity index is 3.27. The lowest BCUT2D eigenvalue weighted by molar-refractivity contribution is 0.129. The zero-order chi connectivity index (χ0) is 15.9. The number of ether oxygens (including phenoxy) is 1. The van der Waals surface area contributed by atoms with E-state index in [1.54, 1.807) is 0 Å². The molecule has 0 heterocycles. The van der Waals surface area contributed by atoms with Gasteiger partial charge < -0.3 is 20.3 Å². The van der Waals surface area contributed by atoms with Crippen molar-refractivity contribution in [1.29, 1.82) is 0 Å². The molecule has 2 amide bonds. The molecule has 0 aliphatic rings. The number of hydrogen-bond acceptors (Lipinski definition) is 3. The normalized spacial score (nSPS) is 11.1. The van der Waals surface area contributed by atoms with Gasteiger partial charge in [-0.05, 0) is 53.1 Å². The Morgan fingerprint density at radius 1 is 1.05 bits per heavy atom. The number of carbonyl (C=O) groups excluding carboxylic acids is 1. The number of rotatable bonds is 13. The highest BCUT2D eigenvalue weighted by Gasteiger charge is 2.02. The van der Waals surface area contributed by atoms with E-state index < -0.39 is 0 Å². The van der Waals surface area contributed by atoms with E-state index >= 15 is 0 Å². The van der Waals surface area contributed by atoms with Crippen LogP contribution in [-0.4, -0.2) is 56.9 Å². The summed E-state index contributed by atoms with van der Waals surface area (Å²) in [7, 11) is 2.13. The third-order valence-corrected chi connectivity index (χ3v) is 3.50. The SMILES string of the molecule is CCCCOCCCNC(=O)NCCCCN(C)C(C)C. The van der Waals surface area contributed by atoms with Crippen LogP contribution in [0.2, 0.25) is 0 Å². The van der Waals surface area contributed by atoms with Crippen molar-refractivity contribution in [3.8, 4) is 0 Å². The number of carbonyl (C=O) groups is 1. The van der Waals surface area contributed by atoms with E-state index in [2.05, 4.69) is 43.4 Å². The maximum absolute atomic E-state index is 11.5. The van der Waals surface area contributed by atoms with Crippen molar-refractivity contribution in [1.82, 2.24) is 15.5 Å². The molecule has 0 aromatic heterocycles. The van der Waals surface area contributed by atoms with Gasteiger partial charge in [0.05, 0.1) is 0 Å². The lowest BCUT2D eigenvalue weighted by atomic mass is 10.2. The predicted molar refractivity (Wildman–Crippen MR) is 88.7 cm³/mol. The molecule has 0 aromatic carbocycles. The quantitative estimate of drug-likeness (QED) is 0.514. The predicted octanol–water partition coefficient (Wildman–Crippen LogP) is 2.61. The minimum atomic E-state index is -0.0687. The van der Waals surface area contributed by atoms with Crippen LogP contribution in [-0.2, 0) is 4.74 Å². The van der Waals surface area contributed by atoms with Gasteiger partial charge in [-0.3, -0.25) is 0 Å². The zero-order valence-corrected chi connectivity index (χ0v) is 14.4. The minimum absolute atomic E-state index is 0.0687. The maximum atomic E-state index is 11.5. The summed E-state index contributed by atoms with van der Waals surface area (Å²) in [6.07, 6.45) is 5.27. The number of amides is 2. The topological polar surface area (TPSA) is 53.6 Å². The van der Waals surface area contributed by atoms with E-state index in [0.717, 1.165) is 58.4 Å². The molecule has 0 rings (SSSR count). The minimum Gasteiger partial charge on any atom is -0.381 e.